The van der Waals surface area contributed by atoms with Crippen molar-refractivity contribution in [1.82, 2.24) is 11.0 Å². The number of Topliss-reactive ketones (excluding diaryl/α,β-unsaturated/α-hetero) is 1. The average Bonchev–Trinajstić information content (AvgIpc) is 3.13. The summed E-state index contributed by atoms with van der Waals surface area (Å²) < 4.78 is 5.37. The largest absolute Gasteiger partial charge is 0.495 e. The van der Waals surface area contributed by atoms with Crippen LogP contribution in [-0.4, -0.2) is 69.6 Å². The van der Waals surface area contributed by atoms with E-state index in [0.717, 1.165) is 75.3 Å². The predicted molar refractivity (Wildman–Crippen MR) is 195 cm³/mol. The molecular weight excluding hydrogens is 662 g/mol. The Balaban J connectivity index is 1.75. The number of hydrogen-bond donors (Lipinski definition) is 4. The fraction of sp³-hybridized carbons (Fsp3) is 0.556. The highest BCUT2D eigenvalue weighted by Gasteiger charge is 2.40. The van der Waals surface area contributed by atoms with Gasteiger partial charge >= 0.3 is 0 Å². The Morgan fingerprint density at radius 1 is 0.880 bits per heavy atom. The number of benzene rings is 2. The highest BCUT2D eigenvalue weighted by molar-refractivity contribution is 6.31. The molecule has 13 nitrogen and oxygen atoms in total. The standard InChI is InChI=1S/C36H50ClN7O6/c1-25(46)33(34(47)42-31-19-26(24-45)30(37)23-32(31)48-4)44-43-29-21-27(35(11-7-5-8-12-35)49-40-17-15-38-2)20-28(22-29)36(13-9-6-10-14-36)50-41-18-16-39-3/h19-23,33,40-41,45H,2-3,5-18,24H2,1,4H3,(H,42,47). The number of aliphatic hydroxyl groups is 1. The number of methoxy groups -OCH3 is 1. The number of ketones is 1. The molecule has 0 saturated heterocycles. The number of nitrogens with zero attached hydrogens (tertiary/aromatic N) is 4. The number of aliphatic hydroxyl groups excluding tert-OH is 1. The SMILES string of the molecule is C=NCCNOC1(c2cc(N=NC(C(C)=O)C(=O)Nc3cc(CO)c(Cl)cc3OC)cc(C3(ONCCN=C)CCCCC3)c2)CCCCC1. The summed E-state index contributed by atoms with van der Waals surface area (Å²) in [5, 5.41) is 21.5. The molecule has 1 amide bonds. The van der Waals surface area contributed by atoms with Crippen LogP contribution in [0.15, 0.2) is 50.5 Å². The molecule has 0 radical (unpaired) electrons. The Bertz CT molecular complexity index is 1450. The van der Waals surface area contributed by atoms with Crippen molar-refractivity contribution >= 4 is 48.1 Å². The van der Waals surface area contributed by atoms with Crippen molar-refractivity contribution in [1.29, 1.82) is 0 Å². The smallest absolute Gasteiger partial charge is 0.258 e. The van der Waals surface area contributed by atoms with Gasteiger partial charge in [0.25, 0.3) is 5.91 Å². The van der Waals surface area contributed by atoms with Crippen molar-refractivity contribution in [2.45, 2.75) is 95.0 Å². The van der Waals surface area contributed by atoms with Crippen LogP contribution in [0, 0.1) is 0 Å². The lowest BCUT2D eigenvalue weighted by atomic mass is 9.75. The second-order valence-corrected chi connectivity index (χ2v) is 13.2. The molecule has 2 aliphatic rings. The summed E-state index contributed by atoms with van der Waals surface area (Å²) >= 11 is 6.21. The van der Waals surface area contributed by atoms with Gasteiger partial charge in [-0.1, -0.05) is 50.1 Å². The van der Waals surface area contributed by atoms with E-state index in [1.165, 1.54) is 26.2 Å². The molecule has 2 saturated carbocycles. The van der Waals surface area contributed by atoms with Gasteiger partial charge in [0.1, 0.15) is 17.0 Å². The number of rotatable bonds is 19. The number of azo groups is 1. The molecular formula is C36H50ClN7O6. The monoisotopic (exact) mass is 711 g/mol. The van der Waals surface area contributed by atoms with Gasteiger partial charge in [-0.15, -0.1) is 0 Å². The van der Waals surface area contributed by atoms with Crippen LogP contribution in [0.4, 0.5) is 11.4 Å². The number of hydrogen-bond acceptors (Lipinski definition) is 12. The zero-order valence-corrected chi connectivity index (χ0v) is 29.9. The molecule has 4 N–H and O–H groups in total. The minimum Gasteiger partial charge on any atom is -0.495 e. The lowest BCUT2D eigenvalue weighted by molar-refractivity contribution is -0.135. The lowest BCUT2D eigenvalue weighted by Crippen LogP contribution is -2.40. The van der Waals surface area contributed by atoms with Crippen LogP contribution >= 0.6 is 11.6 Å². The number of hydroxylamine groups is 2. The van der Waals surface area contributed by atoms with Gasteiger partial charge in [0.2, 0.25) is 6.04 Å². The number of anilines is 1. The molecule has 0 bridgehead atoms. The molecule has 0 aliphatic heterocycles. The highest BCUT2D eigenvalue weighted by atomic mass is 35.5. The quantitative estimate of drug-likeness (QED) is 0.0434. The summed E-state index contributed by atoms with van der Waals surface area (Å²) in [5.74, 6) is -0.943. The maximum absolute atomic E-state index is 13.5. The molecule has 50 heavy (non-hydrogen) atoms. The number of nitrogens with one attached hydrogen (secondary N) is 3. The third-order valence-corrected chi connectivity index (χ3v) is 9.64. The van der Waals surface area contributed by atoms with E-state index in [-0.39, 0.29) is 23.1 Å². The molecule has 2 aromatic rings. The number of aliphatic imine (C=N–C) groups is 2. The van der Waals surface area contributed by atoms with Gasteiger partial charge in [-0.05, 0) is 87.0 Å². The number of ether oxygens (including phenoxy) is 1. The van der Waals surface area contributed by atoms with E-state index in [0.29, 0.717) is 37.4 Å². The van der Waals surface area contributed by atoms with Crippen molar-refractivity contribution in [3.8, 4) is 5.75 Å². The number of amides is 1. The minimum absolute atomic E-state index is 0.239. The van der Waals surface area contributed by atoms with E-state index in [4.69, 9.17) is 26.0 Å². The van der Waals surface area contributed by atoms with Crippen LogP contribution in [0.1, 0.15) is 87.8 Å². The molecule has 1 unspecified atom stereocenters. The van der Waals surface area contributed by atoms with Crippen LogP contribution in [0.25, 0.3) is 0 Å². The first-order valence-electron chi connectivity index (χ1n) is 17.2. The summed E-state index contributed by atoms with van der Waals surface area (Å²) in [6, 6.07) is 7.51. The fourth-order valence-electron chi connectivity index (χ4n) is 6.60. The molecule has 0 heterocycles. The first-order chi connectivity index (χ1) is 24.2. The highest BCUT2D eigenvalue weighted by Crippen LogP contribution is 2.46. The van der Waals surface area contributed by atoms with Crippen molar-refractivity contribution < 1.29 is 29.1 Å². The number of carbonyl (C=O) groups excluding carboxylic acids is 2. The van der Waals surface area contributed by atoms with Crippen molar-refractivity contribution in [2.75, 3.05) is 38.6 Å². The van der Waals surface area contributed by atoms with E-state index in [9.17, 15) is 14.7 Å². The van der Waals surface area contributed by atoms with Gasteiger partial charge in [0.05, 0.1) is 38.2 Å². The average molecular weight is 712 g/mol. The Kier molecular flexibility index (Phi) is 15.0. The fourth-order valence-corrected chi connectivity index (χ4v) is 6.81. The minimum atomic E-state index is -1.46. The van der Waals surface area contributed by atoms with E-state index < -0.39 is 28.9 Å². The van der Waals surface area contributed by atoms with Crippen LogP contribution in [0.2, 0.25) is 5.02 Å². The van der Waals surface area contributed by atoms with Gasteiger partial charge in [-0.2, -0.15) is 21.2 Å². The van der Waals surface area contributed by atoms with Crippen molar-refractivity contribution in [3.63, 3.8) is 0 Å². The molecule has 1 atom stereocenters. The van der Waals surface area contributed by atoms with Crippen molar-refractivity contribution in [3.05, 3.63) is 52.0 Å². The molecule has 0 aromatic heterocycles. The molecule has 2 aromatic carbocycles. The van der Waals surface area contributed by atoms with Crippen LogP contribution in [0.5, 0.6) is 5.75 Å². The van der Waals surface area contributed by atoms with Gasteiger partial charge in [-0.3, -0.25) is 29.2 Å². The normalized spacial score (nSPS) is 17.6. The van der Waals surface area contributed by atoms with Gasteiger partial charge in [0.15, 0.2) is 5.78 Å². The summed E-state index contributed by atoms with van der Waals surface area (Å²) in [7, 11) is 1.43. The van der Waals surface area contributed by atoms with Crippen LogP contribution < -0.4 is 21.0 Å². The number of halogens is 1. The van der Waals surface area contributed by atoms with E-state index in [1.54, 1.807) is 0 Å². The van der Waals surface area contributed by atoms with Gasteiger partial charge in [0, 0.05) is 24.2 Å². The van der Waals surface area contributed by atoms with E-state index >= 15 is 0 Å². The third kappa shape index (κ3) is 10.0. The second kappa shape index (κ2) is 19.1. The zero-order valence-electron chi connectivity index (χ0n) is 29.1. The molecule has 4 rings (SSSR count). The maximum Gasteiger partial charge on any atom is 0.258 e. The van der Waals surface area contributed by atoms with E-state index in [2.05, 4.69) is 56.0 Å². The molecule has 2 fully saturated rings. The topological polar surface area (TPSA) is 168 Å². The first kappa shape index (κ1) is 39.2. The molecule has 272 valence electrons. The maximum atomic E-state index is 13.5. The molecule has 0 spiro atoms. The summed E-state index contributed by atoms with van der Waals surface area (Å²) in [5.41, 5.74) is 7.84. The van der Waals surface area contributed by atoms with Gasteiger partial charge in [-0.25, -0.2) is 0 Å². The Morgan fingerprint density at radius 2 is 1.42 bits per heavy atom. The Morgan fingerprint density at radius 3 is 1.88 bits per heavy atom. The Hall–Kier alpha value is -3.59. The van der Waals surface area contributed by atoms with E-state index in [1.807, 2.05) is 12.1 Å². The van der Waals surface area contributed by atoms with Crippen molar-refractivity contribution in [2.24, 2.45) is 20.2 Å². The number of carbonyl (C=O) groups is 2. The van der Waals surface area contributed by atoms with Crippen LogP contribution in [0.3, 0.4) is 0 Å². The first-order valence-corrected chi connectivity index (χ1v) is 17.6. The summed E-state index contributed by atoms with van der Waals surface area (Å²) in [6.07, 6.45) is 9.30. The summed E-state index contributed by atoms with van der Waals surface area (Å²) in [6.45, 7) is 10.1. The Labute approximate surface area is 299 Å². The second-order valence-electron chi connectivity index (χ2n) is 12.8. The summed E-state index contributed by atoms with van der Waals surface area (Å²) in [4.78, 5) is 47.1. The predicted octanol–water partition coefficient (Wildman–Crippen LogP) is 6.28. The lowest BCUT2D eigenvalue weighted by Gasteiger charge is -2.40. The zero-order chi connectivity index (χ0) is 36.0. The third-order valence-electron chi connectivity index (χ3n) is 9.29. The molecule has 2 aliphatic carbocycles. The van der Waals surface area contributed by atoms with Crippen LogP contribution in [-0.2, 0) is 37.1 Å². The molecule has 14 heteroatoms. The van der Waals surface area contributed by atoms with Gasteiger partial charge < -0.3 is 15.2 Å².